The number of carbonyl (C=O) groups is 1. The molecule has 0 aliphatic carbocycles. The number of hydrogen-bond donors (Lipinski definition) is 3. The lowest BCUT2D eigenvalue weighted by Crippen LogP contribution is -2.41. The number of carbonyl (C=O) groups excluding carboxylic acids is 1. The Balaban J connectivity index is 1.81. The van der Waals surface area contributed by atoms with Crippen molar-refractivity contribution in [3.05, 3.63) is 59.8 Å². The number of nitrogens with one attached hydrogen (secondary N) is 3. The first-order chi connectivity index (χ1) is 19.3. The summed E-state index contributed by atoms with van der Waals surface area (Å²) in [5.41, 5.74) is 3.09. The molecule has 0 saturated heterocycles. The molecule has 0 aliphatic rings. The topological polar surface area (TPSA) is 132 Å². The van der Waals surface area contributed by atoms with E-state index in [9.17, 15) is 14.6 Å². The van der Waals surface area contributed by atoms with Crippen molar-refractivity contribution in [3.63, 3.8) is 0 Å². The molecule has 0 saturated carbocycles. The van der Waals surface area contributed by atoms with E-state index in [0.29, 0.717) is 29.4 Å². The number of hydrogen-bond acceptors (Lipinski definition) is 9. The van der Waals surface area contributed by atoms with Crippen LogP contribution in [-0.2, 0) is 9.30 Å². The number of rotatable bonds is 11. The zero-order chi connectivity index (χ0) is 30.2. The molecule has 11 heteroatoms. The van der Waals surface area contributed by atoms with Crippen LogP contribution < -0.4 is 26.2 Å². The molecule has 0 aliphatic heterocycles. The molecule has 0 unspecified atom stereocenters. The summed E-state index contributed by atoms with van der Waals surface area (Å²) >= 11 is 0. The van der Waals surface area contributed by atoms with Gasteiger partial charge in [0.15, 0.2) is 5.82 Å². The molecule has 3 aromatic rings. The summed E-state index contributed by atoms with van der Waals surface area (Å²) in [6.45, 7) is 14.1. The van der Waals surface area contributed by atoms with Crippen LogP contribution in [0, 0.1) is 18.3 Å². The lowest BCUT2D eigenvalue weighted by Gasteiger charge is -2.28. The van der Waals surface area contributed by atoms with Crippen LogP contribution in [0.5, 0.6) is 0 Å². The quantitative estimate of drug-likeness (QED) is 0.173. The first-order valence-electron chi connectivity index (χ1n) is 13.6. The fraction of sp³-hybridized carbons (Fsp3) is 0.400. The van der Waals surface area contributed by atoms with Crippen LogP contribution in [0.3, 0.4) is 0 Å². The average molecular weight is 578 g/mol. The summed E-state index contributed by atoms with van der Waals surface area (Å²) in [5, 5.41) is 19.6. The van der Waals surface area contributed by atoms with Crippen LogP contribution in [0.4, 0.5) is 33.6 Å². The Morgan fingerprint density at radius 3 is 2.51 bits per heavy atom. The zero-order valence-electron chi connectivity index (χ0n) is 24.9. The normalized spacial score (nSPS) is 11.4. The van der Waals surface area contributed by atoms with Crippen LogP contribution in [-0.4, -0.2) is 48.2 Å². The van der Waals surface area contributed by atoms with Gasteiger partial charge in [-0.1, -0.05) is 25.5 Å². The summed E-state index contributed by atoms with van der Waals surface area (Å²) in [7, 11) is -2.57. The van der Waals surface area contributed by atoms with E-state index in [-0.39, 0.29) is 5.56 Å². The molecule has 1 amide bonds. The Labute approximate surface area is 242 Å². The second-order valence-corrected chi connectivity index (χ2v) is 14.3. The number of alkyl carbamates (subject to hydrolysis) is 1. The Kier molecular flexibility index (Phi) is 10.4. The summed E-state index contributed by atoms with van der Waals surface area (Å²) in [6, 6.07) is 15.3. The Morgan fingerprint density at radius 2 is 1.88 bits per heavy atom. The zero-order valence-corrected chi connectivity index (χ0v) is 25.8. The van der Waals surface area contributed by atoms with Crippen LogP contribution >= 0.6 is 7.14 Å². The number of amides is 1. The van der Waals surface area contributed by atoms with Crippen LogP contribution in [0.15, 0.2) is 48.7 Å². The Hall–Kier alpha value is -4.09. The largest absolute Gasteiger partial charge is 0.444 e. The molecule has 0 atom stereocenters. The van der Waals surface area contributed by atoms with Gasteiger partial charge in [0.2, 0.25) is 5.95 Å². The van der Waals surface area contributed by atoms with Crippen molar-refractivity contribution >= 4 is 47.4 Å². The van der Waals surface area contributed by atoms with Gasteiger partial charge in [0.05, 0.1) is 18.6 Å². The molecule has 218 valence electrons. The van der Waals surface area contributed by atoms with E-state index in [2.05, 4.69) is 43.8 Å². The molecule has 3 N–H and O–H groups in total. The number of para-hydroxylation sites is 1. The number of ether oxygens (including phenoxy) is 1. The molecule has 41 heavy (non-hydrogen) atoms. The van der Waals surface area contributed by atoms with E-state index in [0.717, 1.165) is 36.3 Å². The van der Waals surface area contributed by atoms with Gasteiger partial charge in [-0.2, -0.15) is 10.2 Å². The monoisotopic (exact) mass is 577 g/mol. The number of aryl methyl sites for hydroxylation is 1. The van der Waals surface area contributed by atoms with Crippen molar-refractivity contribution < 1.29 is 14.1 Å². The molecule has 1 aromatic heterocycles. The van der Waals surface area contributed by atoms with Gasteiger partial charge >= 0.3 is 6.09 Å². The Morgan fingerprint density at radius 1 is 1.15 bits per heavy atom. The van der Waals surface area contributed by atoms with E-state index >= 15 is 0 Å². The standard InChI is InChI=1S/C30H40N7O3P/c1-8-9-16-37(20-33-29(38)40-30(3,4)5)25-15-14-23(17-21(25)2)34-28-32-19-22(18-31)27(36-28)35-24-12-10-11-13-26(24)41(6,7)39/h10-15,17,19H,8-9,16,20H2,1-7H3,(H,33,38)(H2,32,34,35,36). The molecule has 2 aromatic carbocycles. The minimum atomic E-state index is -2.57. The molecule has 0 spiro atoms. The maximum Gasteiger partial charge on any atom is 0.409 e. The highest BCUT2D eigenvalue weighted by molar-refractivity contribution is 7.70. The minimum absolute atomic E-state index is 0.267. The highest BCUT2D eigenvalue weighted by Crippen LogP contribution is 2.38. The summed E-state index contributed by atoms with van der Waals surface area (Å²) in [6.07, 6.45) is 2.99. The second kappa shape index (κ2) is 13.5. The van der Waals surface area contributed by atoms with Crippen molar-refractivity contribution in [2.24, 2.45) is 0 Å². The number of unbranched alkanes of at least 4 members (excludes halogenated alkanes) is 1. The van der Waals surface area contributed by atoms with Crippen LogP contribution in [0.2, 0.25) is 0 Å². The van der Waals surface area contributed by atoms with Gasteiger partial charge in [0.25, 0.3) is 0 Å². The average Bonchev–Trinajstić information content (AvgIpc) is 2.88. The molecular formula is C30H40N7O3P. The lowest BCUT2D eigenvalue weighted by atomic mass is 10.1. The lowest BCUT2D eigenvalue weighted by molar-refractivity contribution is 0.0527. The predicted octanol–water partition coefficient (Wildman–Crippen LogP) is 6.48. The number of nitriles is 1. The maximum absolute atomic E-state index is 12.8. The third-order valence-corrected chi connectivity index (χ3v) is 7.59. The number of aromatic nitrogens is 2. The molecule has 3 rings (SSSR count). The minimum Gasteiger partial charge on any atom is -0.444 e. The van der Waals surface area contributed by atoms with Gasteiger partial charge in [0.1, 0.15) is 24.4 Å². The predicted molar refractivity (Wildman–Crippen MR) is 167 cm³/mol. The van der Waals surface area contributed by atoms with Crippen molar-refractivity contribution in [2.45, 2.75) is 53.1 Å². The first kappa shape index (κ1) is 31.4. The van der Waals surface area contributed by atoms with Crippen LogP contribution in [0.25, 0.3) is 0 Å². The van der Waals surface area contributed by atoms with Gasteiger partial charge < -0.3 is 30.2 Å². The fourth-order valence-corrected chi connectivity index (χ4v) is 5.28. The van der Waals surface area contributed by atoms with E-state index < -0.39 is 18.8 Å². The molecule has 0 radical (unpaired) electrons. The first-order valence-corrected chi connectivity index (χ1v) is 16.2. The van der Waals surface area contributed by atoms with Gasteiger partial charge in [-0.15, -0.1) is 0 Å². The third-order valence-electron chi connectivity index (χ3n) is 6.03. The number of anilines is 5. The van der Waals surface area contributed by atoms with Gasteiger partial charge in [-0.25, -0.2) is 9.78 Å². The van der Waals surface area contributed by atoms with Crippen molar-refractivity contribution in [1.29, 1.82) is 5.26 Å². The molecule has 0 fully saturated rings. The summed E-state index contributed by atoms with van der Waals surface area (Å²) in [4.78, 5) is 23.2. The number of benzene rings is 2. The summed E-state index contributed by atoms with van der Waals surface area (Å²) in [5.74, 6) is 0.625. The molecule has 10 nitrogen and oxygen atoms in total. The third kappa shape index (κ3) is 9.22. The van der Waals surface area contributed by atoms with Gasteiger partial charge in [-0.05, 0) is 83.3 Å². The van der Waals surface area contributed by atoms with E-state index in [1.54, 1.807) is 13.3 Å². The van der Waals surface area contributed by atoms with Crippen molar-refractivity contribution in [2.75, 3.05) is 42.1 Å². The highest BCUT2D eigenvalue weighted by atomic mass is 31.2. The number of nitrogens with zero attached hydrogens (tertiary/aromatic N) is 4. The highest BCUT2D eigenvalue weighted by Gasteiger charge is 2.19. The summed E-state index contributed by atoms with van der Waals surface area (Å²) < 4.78 is 18.2. The van der Waals surface area contributed by atoms with E-state index in [4.69, 9.17) is 4.74 Å². The van der Waals surface area contributed by atoms with E-state index in [1.807, 2.05) is 70.2 Å². The second-order valence-electron chi connectivity index (χ2n) is 11.1. The smallest absolute Gasteiger partial charge is 0.409 e. The van der Waals surface area contributed by atoms with Gasteiger partial charge in [0, 0.05) is 23.2 Å². The Bertz CT molecular complexity index is 1460. The van der Waals surface area contributed by atoms with Crippen LogP contribution in [0.1, 0.15) is 51.7 Å². The van der Waals surface area contributed by atoms with Crippen molar-refractivity contribution in [3.8, 4) is 6.07 Å². The van der Waals surface area contributed by atoms with E-state index in [1.165, 1.54) is 6.20 Å². The molecular weight excluding hydrogens is 537 g/mol. The molecule has 1 heterocycles. The molecule has 0 bridgehead atoms. The fourth-order valence-electron chi connectivity index (χ4n) is 4.12. The SMILES string of the molecule is CCCCN(CNC(=O)OC(C)(C)C)c1ccc(Nc2ncc(C#N)c(Nc3ccccc3P(C)(C)=O)n2)cc1C. The van der Waals surface area contributed by atoms with Gasteiger partial charge in [-0.3, -0.25) is 0 Å². The van der Waals surface area contributed by atoms with Crippen molar-refractivity contribution in [1.82, 2.24) is 15.3 Å². The maximum atomic E-state index is 12.8.